The SMILES string of the molecule is CC1(C)OC(=C(C#N)C#N)C(C#N)=C1c1ccc(N2N=NC3C4CCC(C4)C32)cc1. The van der Waals surface area contributed by atoms with Gasteiger partial charge in [-0.15, -0.1) is 0 Å². The number of rotatable bonds is 2. The third-order valence-electron chi connectivity index (χ3n) is 6.81. The van der Waals surface area contributed by atoms with Gasteiger partial charge in [0.25, 0.3) is 0 Å². The van der Waals surface area contributed by atoms with Crippen LogP contribution in [0.2, 0.25) is 0 Å². The highest BCUT2D eigenvalue weighted by molar-refractivity contribution is 5.84. The molecule has 5 rings (SSSR count). The standard InChI is InChI=1S/C23H20N6O/c1-23(2)19(18(12-26)22(30-23)16(10-24)11-25)13-5-7-17(8-6-13)29-21-15-4-3-14(9-15)20(21)27-28-29/h5-8,14-15,20-21H,3-4,9H2,1-2H3. The van der Waals surface area contributed by atoms with E-state index >= 15 is 0 Å². The lowest BCUT2D eigenvalue weighted by Gasteiger charge is -2.29. The number of fused-ring (bicyclic) bond motifs is 5. The fourth-order valence-corrected chi connectivity index (χ4v) is 5.59. The highest BCUT2D eigenvalue weighted by atomic mass is 16.5. The Bertz CT molecular complexity index is 1120. The van der Waals surface area contributed by atoms with Crippen LogP contribution in [-0.2, 0) is 4.74 Å². The van der Waals surface area contributed by atoms with E-state index in [9.17, 15) is 15.8 Å². The van der Waals surface area contributed by atoms with Crippen LogP contribution in [-0.4, -0.2) is 17.7 Å². The molecule has 4 atom stereocenters. The molecule has 4 unspecified atom stereocenters. The minimum absolute atomic E-state index is 0.0599. The second-order valence-electron chi connectivity index (χ2n) is 8.81. The van der Waals surface area contributed by atoms with Crippen LogP contribution in [0.4, 0.5) is 5.69 Å². The average Bonchev–Trinajstić information content (AvgIpc) is 3.49. The van der Waals surface area contributed by atoms with Crippen molar-refractivity contribution in [3.05, 3.63) is 46.7 Å². The van der Waals surface area contributed by atoms with E-state index < -0.39 is 5.60 Å². The number of nitrogens with zero attached hydrogens (tertiary/aromatic N) is 6. The van der Waals surface area contributed by atoms with E-state index in [-0.39, 0.29) is 16.9 Å². The zero-order chi connectivity index (χ0) is 21.0. The van der Waals surface area contributed by atoms with Gasteiger partial charge in [0.15, 0.2) is 11.3 Å². The molecule has 0 N–H and O–H groups in total. The van der Waals surface area contributed by atoms with E-state index in [0.717, 1.165) is 11.3 Å². The first-order valence-electron chi connectivity index (χ1n) is 10.2. The summed E-state index contributed by atoms with van der Waals surface area (Å²) in [4.78, 5) is 0. The number of benzene rings is 1. The van der Waals surface area contributed by atoms with Crippen molar-refractivity contribution >= 4 is 11.3 Å². The molecule has 0 amide bonds. The number of nitriles is 3. The maximum absolute atomic E-state index is 9.75. The van der Waals surface area contributed by atoms with E-state index in [1.807, 2.05) is 50.3 Å². The predicted molar refractivity (Wildman–Crippen MR) is 108 cm³/mol. The van der Waals surface area contributed by atoms with Gasteiger partial charge in [-0.3, -0.25) is 0 Å². The van der Waals surface area contributed by atoms with Crippen molar-refractivity contribution in [1.29, 1.82) is 15.8 Å². The van der Waals surface area contributed by atoms with Crippen molar-refractivity contribution in [3.8, 4) is 18.2 Å². The largest absolute Gasteiger partial charge is 0.480 e. The molecule has 7 nitrogen and oxygen atoms in total. The number of ether oxygens (including phenoxy) is 1. The molecule has 0 saturated heterocycles. The van der Waals surface area contributed by atoms with Crippen LogP contribution in [0.1, 0.15) is 38.7 Å². The van der Waals surface area contributed by atoms with Crippen LogP contribution in [0, 0.1) is 45.8 Å². The molecule has 2 fully saturated rings. The minimum atomic E-state index is -0.829. The van der Waals surface area contributed by atoms with Crippen LogP contribution in [0.5, 0.6) is 0 Å². The molecule has 148 valence electrons. The molecule has 2 aliphatic carbocycles. The minimum Gasteiger partial charge on any atom is -0.480 e. The molecule has 30 heavy (non-hydrogen) atoms. The summed E-state index contributed by atoms with van der Waals surface area (Å²) in [5.41, 5.74) is 1.71. The molecule has 0 spiro atoms. The van der Waals surface area contributed by atoms with Crippen LogP contribution in [0.15, 0.2) is 51.5 Å². The monoisotopic (exact) mass is 396 g/mol. The van der Waals surface area contributed by atoms with Gasteiger partial charge in [-0.2, -0.15) is 20.9 Å². The van der Waals surface area contributed by atoms with E-state index in [1.54, 1.807) is 0 Å². The first-order valence-corrected chi connectivity index (χ1v) is 10.2. The van der Waals surface area contributed by atoms with Gasteiger partial charge in [0.2, 0.25) is 0 Å². The molecule has 2 aliphatic heterocycles. The van der Waals surface area contributed by atoms with Crippen molar-refractivity contribution in [2.75, 3.05) is 5.01 Å². The van der Waals surface area contributed by atoms with Gasteiger partial charge < -0.3 is 4.74 Å². The van der Waals surface area contributed by atoms with Crippen molar-refractivity contribution in [2.24, 2.45) is 22.2 Å². The Labute approximate surface area is 175 Å². The lowest BCUT2D eigenvalue weighted by molar-refractivity contribution is 0.109. The summed E-state index contributed by atoms with van der Waals surface area (Å²) in [5, 5.41) is 39.3. The zero-order valence-corrected chi connectivity index (χ0v) is 16.8. The van der Waals surface area contributed by atoms with Crippen LogP contribution < -0.4 is 5.01 Å². The molecule has 7 heteroatoms. The Hall–Kier alpha value is -3.63. The van der Waals surface area contributed by atoms with Crippen LogP contribution in [0.3, 0.4) is 0 Å². The van der Waals surface area contributed by atoms with Gasteiger partial charge >= 0.3 is 0 Å². The highest BCUT2D eigenvalue weighted by Crippen LogP contribution is 2.52. The van der Waals surface area contributed by atoms with Crippen LogP contribution in [0.25, 0.3) is 5.57 Å². The Morgan fingerprint density at radius 2 is 1.80 bits per heavy atom. The molecule has 0 radical (unpaired) electrons. The van der Waals surface area contributed by atoms with Gasteiger partial charge in [0, 0.05) is 5.57 Å². The summed E-state index contributed by atoms with van der Waals surface area (Å²) in [5.74, 6) is 1.39. The first kappa shape index (κ1) is 18.4. The fourth-order valence-electron chi connectivity index (χ4n) is 5.59. The molecule has 2 saturated carbocycles. The van der Waals surface area contributed by atoms with Gasteiger partial charge in [0.1, 0.15) is 29.4 Å². The van der Waals surface area contributed by atoms with Crippen LogP contribution >= 0.6 is 0 Å². The number of hydrogen-bond acceptors (Lipinski definition) is 7. The summed E-state index contributed by atoms with van der Waals surface area (Å²) in [6, 6.07) is 14.4. The van der Waals surface area contributed by atoms with E-state index in [1.165, 1.54) is 19.3 Å². The van der Waals surface area contributed by atoms with Gasteiger partial charge in [0.05, 0.1) is 17.8 Å². The molecular formula is C23H20N6O. The topological polar surface area (TPSA) is 109 Å². The first-order chi connectivity index (χ1) is 14.5. The van der Waals surface area contributed by atoms with Gasteiger partial charge in [-0.05, 0) is 62.6 Å². The molecule has 1 aromatic rings. The fraction of sp³-hybridized carbons (Fsp3) is 0.435. The smallest absolute Gasteiger partial charge is 0.172 e. The number of allylic oxidation sites excluding steroid dienone is 2. The summed E-state index contributed by atoms with van der Waals surface area (Å²) in [6.45, 7) is 3.67. The Morgan fingerprint density at radius 3 is 2.47 bits per heavy atom. The summed E-state index contributed by atoms with van der Waals surface area (Å²) in [6.07, 6.45) is 3.77. The third kappa shape index (κ3) is 2.47. The van der Waals surface area contributed by atoms with Gasteiger partial charge in [-0.1, -0.05) is 17.4 Å². The number of anilines is 1. The van der Waals surface area contributed by atoms with E-state index in [0.29, 0.717) is 29.5 Å². The van der Waals surface area contributed by atoms with E-state index in [4.69, 9.17) is 4.74 Å². The average molecular weight is 396 g/mol. The third-order valence-corrected chi connectivity index (χ3v) is 6.81. The Morgan fingerprint density at radius 1 is 1.10 bits per heavy atom. The van der Waals surface area contributed by atoms with Crippen molar-refractivity contribution < 1.29 is 4.74 Å². The normalized spacial score (nSPS) is 30.0. The summed E-state index contributed by atoms with van der Waals surface area (Å²) in [7, 11) is 0. The van der Waals surface area contributed by atoms with Crippen molar-refractivity contribution in [3.63, 3.8) is 0 Å². The van der Waals surface area contributed by atoms with E-state index in [2.05, 4.69) is 21.4 Å². The lowest BCUT2D eigenvalue weighted by Crippen LogP contribution is -2.39. The molecule has 0 aromatic heterocycles. The molecule has 2 bridgehead atoms. The Balaban J connectivity index is 1.51. The Kier molecular flexibility index (Phi) is 3.95. The van der Waals surface area contributed by atoms with Gasteiger partial charge in [-0.25, -0.2) is 5.01 Å². The predicted octanol–water partition coefficient (Wildman–Crippen LogP) is 4.43. The quantitative estimate of drug-likeness (QED) is 0.687. The summed E-state index contributed by atoms with van der Waals surface area (Å²) < 4.78 is 5.88. The molecule has 4 aliphatic rings. The molecular weight excluding hydrogens is 376 g/mol. The maximum Gasteiger partial charge on any atom is 0.172 e. The highest BCUT2D eigenvalue weighted by Gasteiger charge is 2.53. The summed E-state index contributed by atoms with van der Waals surface area (Å²) >= 11 is 0. The molecule has 1 aromatic carbocycles. The maximum atomic E-state index is 9.75. The zero-order valence-electron chi connectivity index (χ0n) is 16.8. The second kappa shape index (κ2) is 6.44. The lowest BCUT2D eigenvalue weighted by atomic mass is 9.88. The van der Waals surface area contributed by atoms with Crippen molar-refractivity contribution in [1.82, 2.24) is 0 Å². The molecule has 2 heterocycles. The van der Waals surface area contributed by atoms with Crippen molar-refractivity contribution in [2.45, 2.75) is 50.8 Å². The number of hydrogen-bond donors (Lipinski definition) is 0. The second-order valence-corrected chi connectivity index (χ2v) is 8.81.